The maximum Gasteiger partial charge on any atom is 0.166 e. The Kier molecular flexibility index (Phi) is 3.23. The smallest absolute Gasteiger partial charge is 0.166 e. The van der Waals surface area contributed by atoms with E-state index in [9.17, 15) is 4.79 Å². The summed E-state index contributed by atoms with van der Waals surface area (Å²) in [7, 11) is 0. The van der Waals surface area contributed by atoms with Gasteiger partial charge in [-0.1, -0.05) is 69.4 Å². The monoisotopic (exact) mass is 242 g/mol. The van der Waals surface area contributed by atoms with E-state index in [1.807, 2.05) is 30.3 Å². The summed E-state index contributed by atoms with van der Waals surface area (Å²) in [6.07, 6.45) is 6.86. The lowest BCUT2D eigenvalue weighted by atomic mass is 9.84. The topological polar surface area (TPSA) is 17.1 Å². The minimum absolute atomic E-state index is 0.315. The van der Waals surface area contributed by atoms with E-state index in [1.54, 1.807) is 0 Å². The summed E-state index contributed by atoms with van der Waals surface area (Å²) >= 11 is 0. The average Bonchev–Trinajstić information content (AvgIpc) is 3.11. The number of benzene rings is 1. The van der Waals surface area contributed by atoms with Gasteiger partial charge in [-0.3, -0.25) is 4.79 Å². The molecule has 0 unspecified atom stereocenters. The summed E-state index contributed by atoms with van der Waals surface area (Å²) in [4.78, 5) is 12.5. The van der Waals surface area contributed by atoms with E-state index in [2.05, 4.69) is 6.92 Å². The van der Waals surface area contributed by atoms with Crippen LogP contribution >= 0.6 is 0 Å². The highest BCUT2D eigenvalue weighted by atomic mass is 16.1. The predicted molar refractivity (Wildman–Crippen MR) is 73.5 cm³/mol. The van der Waals surface area contributed by atoms with E-state index in [1.165, 1.54) is 32.1 Å². The third kappa shape index (κ3) is 2.11. The van der Waals surface area contributed by atoms with Gasteiger partial charge in [0, 0.05) is 11.5 Å². The van der Waals surface area contributed by atoms with Crippen molar-refractivity contribution in [1.29, 1.82) is 0 Å². The van der Waals surface area contributed by atoms with Crippen LogP contribution in [0.2, 0.25) is 0 Å². The molecule has 1 nitrogen and oxygen atoms in total. The maximum absolute atomic E-state index is 12.5. The summed E-state index contributed by atoms with van der Waals surface area (Å²) in [5.74, 6) is 2.82. The molecule has 0 spiro atoms. The van der Waals surface area contributed by atoms with Gasteiger partial charge in [-0.25, -0.2) is 0 Å². The summed E-state index contributed by atoms with van der Waals surface area (Å²) < 4.78 is 0. The van der Waals surface area contributed by atoms with E-state index in [-0.39, 0.29) is 0 Å². The molecule has 0 amide bonds. The minimum atomic E-state index is 0.315. The van der Waals surface area contributed by atoms with E-state index in [4.69, 9.17) is 0 Å². The lowest BCUT2D eigenvalue weighted by Crippen LogP contribution is -2.12. The van der Waals surface area contributed by atoms with Crippen LogP contribution in [0.5, 0.6) is 0 Å². The molecule has 1 aromatic carbocycles. The van der Waals surface area contributed by atoms with Gasteiger partial charge in [-0.05, 0) is 17.8 Å². The highest BCUT2D eigenvalue weighted by molar-refractivity contribution is 6.00. The van der Waals surface area contributed by atoms with Gasteiger partial charge in [0.2, 0.25) is 0 Å². The molecule has 3 atom stereocenters. The molecule has 18 heavy (non-hydrogen) atoms. The maximum atomic E-state index is 12.5. The molecule has 0 aromatic heterocycles. The number of ketones is 1. The summed E-state index contributed by atoms with van der Waals surface area (Å²) in [6.45, 7) is 2.27. The van der Waals surface area contributed by atoms with Gasteiger partial charge < -0.3 is 0 Å². The Bertz CT molecular complexity index is 416. The Morgan fingerprint density at radius 1 is 1.06 bits per heavy atom. The molecule has 0 aliphatic heterocycles. The second-order valence-electron chi connectivity index (χ2n) is 6.09. The Morgan fingerprint density at radius 3 is 2.39 bits per heavy atom. The first-order valence-corrected chi connectivity index (χ1v) is 7.38. The highest BCUT2D eigenvalue weighted by Gasteiger charge is 2.54. The van der Waals surface area contributed by atoms with Crippen molar-refractivity contribution in [2.45, 2.75) is 39.0 Å². The molecule has 0 saturated heterocycles. The fourth-order valence-corrected chi connectivity index (χ4v) is 3.94. The van der Waals surface area contributed by atoms with Crippen molar-refractivity contribution >= 4 is 5.78 Å². The Labute approximate surface area is 110 Å². The second-order valence-corrected chi connectivity index (χ2v) is 6.09. The molecule has 1 heteroatoms. The van der Waals surface area contributed by atoms with Crippen LogP contribution in [0.3, 0.4) is 0 Å². The van der Waals surface area contributed by atoms with Crippen LogP contribution in [0.15, 0.2) is 30.3 Å². The van der Waals surface area contributed by atoms with E-state index >= 15 is 0 Å². The molecule has 2 saturated carbocycles. The number of carbonyl (C=O) groups is 1. The molecule has 2 fully saturated rings. The van der Waals surface area contributed by atoms with Crippen LogP contribution in [0, 0.1) is 23.7 Å². The van der Waals surface area contributed by atoms with Crippen molar-refractivity contribution in [3.63, 3.8) is 0 Å². The Balaban J connectivity index is 1.69. The predicted octanol–water partition coefficient (Wildman–Crippen LogP) is 4.33. The first-order valence-electron chi connectivity index (χ1n) is 7.38. The SMILES string of the molecule is C[C@H]1[C@H](C(=O)c2ccccc2)[C@H]1C1CCCCC1. The largest absolute Gasteiger partial charge is 0.294 e. The van der Waals surface area contributed by atoms with E-state index < -0.39 is 0 Å². The molecular weight excluding hydrogens is 220 g/mol. The lowest BCUT2D eigenvalue weighted by Gasteiger charge is -2.21. The number of carbonyl (C=O) groups excluding carboxylic acids is 1. The first-order chi connectivity index (χ1) is 8.79. The summed E-state index contributed by atoms with van der Waals surface area (Å²) in [6, 6.07) is 9.84. The molecule has 0 bridgehead atoms. The lowest BCUT2D eigenvalue weighted by molar-refractivity contribution is 0.0950. The van der Waals surface area contributed by atoms with E-state index in [0.717, 1.165) is 11.5 Å². The molecule has 96 valence electrons. The van der Waals surface area contributed by atoms with Crippen molar-refractivity contribution in [3.8, 4) is 0 Å². The number of rotatable bonds is 3. The van der Waals surface area contributed by atoms with Crippen molar-refractivity contribution < 1.29 is 4.79 Å². The van der Waals surface area contributed by atoms with Crippen LogP contribution in [0.1, 0.15) is 49.4 Å². The van der Waals surface area contributed by atoms with Crippen LogP contribution in [-0.2, 0) is 0 Å². The summed E-state index contributed by atoms with van der Waals surface area (Å²) in [5.41, 5.74) is 0.910. The molecule has 2 aliphatic carbocycles. The molecule has 0 heterocycles. The Morgan fingerprint density at radius 2 is 1.72 bits per heavy atom. The number of Topliss-reactive ketones (excluding diaryl/α,β-unsaturated/α-hetero) is 1. The Hall–Kier alpha value is -1.11. The van der Waals surface area contributed by atoms with Gasteiger partial charge in [-0.2, -0.15) is 0 Å². The third-order valence-electron chi connectivity index (χ3n) is 5.00. The second kappa shape index (κ2) is 4.87. The first kappa shape index (κ1) is 12.0. The molecule has 3 rings (SSSR count). The molecule has 0 radical (unpaired) electrons. The van der Waals surface area contributed by atoms with Crippen LogP contribution in [-0.4, -0.2) is 5.78 Å². The zero-order chi connectivity index (χ0) is 12.5. The fourth-order valence-electron chi connectivity index (χ4n) is 3.94. The highest BCUT2D eigenvalue weighted by Crippen LogP contribution is 2.55. The van der Waals surface area contributed by atoms with Gasteiger partial charge in [-0.15, -0.1) is 0 Å². The van der Waals surface area contributed by atoms with Crippen LogP contribution in [0.4, 0.5) is 0 Å². The van der Waals surface area contributed by atoms with Crippen molar-refractivity contribution in [1.82, 2.24) is 0 Å². The quantitative estimate of drug-likeness (QED) is 0.721. The fraction of sp³-hybridized carbons (Fsp3) is 0.588. The zero-order valence-corrected chi connectivity index (χ0v) is 11.1. The van der Waals surface area contributed by atoms with E-state index in [0.29, 0.717) is 23.5 Å². The molecule has 2 aliphatic rings. The zero-order valence-electron chi connectivity index (χ0n) is 11.1. The van der Waals surface area contributed by atoms with Gasteiger partial charge in [0.25, 0.3) is 0 Å². The van der Waals surface area contributed by atoms with Gasteiger partial charge >= 0.3 is 0 Å². The molecular formula is C17H22O. The third-order valence-corrected chi connectivity index (χ3v) is 5.00. The number of hydrogen-bond donors (Lipinski definition) is 0. The molecule has 1 aromatic rings. The van der Waals surface area contributed by atoms with Crippen molar-refractivity contribution in [2.75, 3.05) is 0 Å². The van der Waals surface area contributed by atoms with Crippen molar-refractivity contribution in [2.24, 2.45) is 23.7 Å². The summed E-state index contributed by atoms with van der Waals surface area (Å²) in [5, 5.41) is 0. The van der Waals surface area contributed by atoms with Crippen molar-refractivity contribution in [3.05, 3.63) is 35.9 Å². The molecule has 0 N–H and O–H groups in total. The standard InChI is InChI=1S/C17H22O/c1-12-15(13-8-4-2-5-9-13)16(12)17(18)14-10-6-3-7-11-14/h3,6-7,10-13,15-16H,2,4-5,8-9H2,1H3/t12-,15-,16+/m1/s1. The minimum Gasteiger partial charge on any atom is -0.294 e. The average molecular weight is 242 g/mol. The number of hydrogen-bond acceptors (Lipinski definition) is 1. The normalized spacial score (nSPS) is 32.2. The van der Waals surface area contributed by atoms with Crippen LogP contribution in [0.25, 0.3) is 0 Å². The van der Waals surface area contributed by atoms with Gasteiger partial charge in [0.15, 0.2) is 5.78 Å². The van der Waals surface area contributed by atoms with Crippen LogP contribution < -0.4 is 0 Å². The van der Waals surface area contributed by atoms with Gasteiger partial charge in [0.1, 0.15) is 0 Å². The van der Waals surface area contributed by atoms with Gasteiger partial charge in [0.05, 0.1) is 0 Å².